The zero-order valence-electron chi connectivity index (χ0n) is 23.4. The summed E-state index contributed by atoms with van der Waals surface area (Å²) in [6.07, 6.45) is 3.68. The first-order chi connectivity index (χ1) is 18.6. The van der Waals surface area contributed by atoms with E-state index < -0.39 is 5.60 Å². The van der Waals surface area contributed by atoms with E-state index in [1.165, 1.54) is 10.6 Å². The predicted octanol–water partition coefficient (Wildman–Crippen LogP) is 4.89. The number of rotatable bonds is 7. The monoisotopic (exact) mass is 529 g/mol. The first kappa shape index (κ1) is 27.0. The second kappa shape index (κ2) is 10.5. The summed E-state index contributed by atoms with van der Waals surface area (Å²) in [5.41, 5.74) is 12.0. The summed E-state index contributed by atoms with van der Waals surface area (Å²) >= 11 is 0. The van der Waals surface area contributed by atoms with Gasteiger partial charge in [0.05, 0.1) is 41.0 Å². The summed E-state index contributed by atoms with van der Waals surface area (Å²) < 4.78 is 14.2. The number of pyridine rings is 1. The fourth-order valence-corrected chi connectivity index (χ4v) is 6.10. The van der Waals surface area contributed by atoms with E-state index in [2.05, 4.69) is 34.9 Å². The molecule has 1 saturated heterocycles. The molecule has 39 heavy (non-hydrogen) atoms. The molecular weight excluding hydrogens is 490 g/mol. The SMILES string of the molecule is COc1c(C(C)(C)O)ccc2c3ncc(/C(=C(\C)N)N(C)N)cc3n(C(c3ccccc3)C3CCOCC3)c12. The lowest BCUT2D eigenvalue weighted by molar-refractivity contribution is 0.0552. The number of allylic oxidation sites excluding steroid dienone is 1. The minimum Gasteiger partial charge on any atom is -0.494 e. The van der Waals surface area contributed by atoms with Crippen LogP contribution in [0, 0.1) is 5.92 Å². The minimum atomic E-state index is -1.10. The lowest BCUT2D eigenvalue weighted by Gasteiger charge is -2.33. The van der Waals surface area contributed by atoms with E-state index in [0.717, 1.165) is 59.1 Å². The van der Waals surface area contributed by atoms with Crippen molar-refractivity contribution in [3.63, 3.8) is 0 Å². The van der Waals surface area contributed by atoms with Gasteiger partial charge in [-0.15, -0.1) is 0 Å². The number of ether oxygens (including phenoxy) is 2. The summed E-state index contributed by atoms with van der Waals surface area (Å²) in [5.74, 6) is 7.18. The van der Waals surface area contributed by atoms with Crippen LogP contribution in [0.2, 0.25) is 0 Å². The molecule has 1 aliphatic heterocycles. The molecule has 0 saturated carbocycles. The minimum absolute atomic E-state index is 0.0138. The van der Waals surface area contributed by atoms with Gasteiger partial charge in [-0.2, -0.15) is 0 Å². The van der Waals surface area contributed by atoms with Gasteiger partial charge in [0.25, 0.3) is 0 Å². The number of hydrogen-bond donors (Lipinski definition) is 3. The third kappa shape index (κ3) is 4.84. The van der Waals surface area contributed by atoms with Crippen molar-refractivity contribution in [3.05, 3.63) is 77.1 Å². The number of nitrogens with zero attached hydrogens (tertiary/aromatic N) is 3. The Morgan fingerprint density at radius 2 is 1.87 bits per heavy atom. The van der Waals surface area contributed by atoms with E-state index in [1.807, 2.05) is 31.3 Å². The van der Waals surface area contributed by atoms with E-state index in [1.54, 1.807) is 28.0 Å². The summed E-state index contributed by atoms with van der Waals surface area (Å²) in [5, 5.41) is 13.6. The average Bonchev–Trinajstić information content (AvgIpc) is 3.22. The molecule has 0 amide bonds. The van der Waals surface area contributed by atoms with Crippen LogP contribution < -0.4 is 16.3 Å². The van der Waals surface area contributed by atoms with Crippen molar-refractivity contribution in [1.29, 1.82) is 0 Å². The molecule has 0 spiro atoms. The lowest BCUT2D eigenvalue weighted by atomic mass is 9.86. The molecule has 1 atom stereocenters. The highest BCUT2D eigenvalue weighted by atomic mass is 16.5. The lowest BCUT2D eigenvalue weighted by Crippen LogP contribution is -2.27. The molecule has 1 fully saturated rings. The summed E-state index contributed by atoms with van der Waals surface area (Å²) in [7, 11) is 3.44. The van der Waals surface area contributed by atoms with Gasteiger partial charge in [0.2, 0.25) is 0 Å². The molecule has 206 valence electrons. The average molecular weight is 530 g/mol. The fraction of sp³-hybridized carbons (Fsp3) is 0.387. The Balaban J connectivity index is 1.94. The Morgan fingerprint density at radius 1 is 1.18 bits per heavy atom. The fourth-order valence-electron chi connectivity index (χ4n) is 6.10. The van der Waals surface area contributed by atoms with Crippen LogP contribution in [0.4, 0.5) is 0 Å². The first-order valence-electron chi connectivity index (χ1n) is 13.4. The smallest absolute Gasteiger partial charge is 0.149 e. The molecule has 1 aliphatic rings. The Morgan fingerprint density at radius 3 is 2.46 bits per heavy atom. The third-order valence-electron chi connectivity index (χ3n) is 7.75. The summed E-state index contributed by atoms with van der Waals surface area (Å²) in [6.45, 7) is 6.85. The number of aliphatic hydroxyl groups is 1. The molecule has 4 aromatic rings. The maximum atomic E-state index is 11.1. The van der Waals surface area contributed by atoms with Crippen LogP contribution in [0.5, 0.6) is 5.75 Å². The van der Waals surface area contributed by atoms with Crippen LogP contribution in [0.3, 0.4) is 0 Å². The number of benzene rings is 2. The predicted molar refractivity (Wildman–Crippen MR) is 156 cm³/mol. The van der Waals surface area contributed by atoms with Gasteiger partial charge in [-0.3, -0.25) is 4.98 Å². The van der Waals surface area contributed by atoms with E-state index in [4.69, 9.17) is 26.0 Å². The van der Waals surface area contributed by atoms with Crippen LogP contribution in [-0.2, 0) is 10.3 Å². The van der Waals surface area contributed by atoms with Crippen molar-refractivity contribution in [2.75, 3.05) is 27.4 Å². The maximum absolute atomic E-state index is 11.1. The number of nitrogens with two attached hydrogens (primary N) is 2. The van der Waals surface area contributed by atoms with Crippen molar-refractivity contribution in [2.24, 2.45) is 17.5 Å². The number of hydrazine groups is 1. The van der Waals surface area contributed by atoms with Crippen LogP contribution >= 0.6 is 0 Å². The highest BCUT2D eigenvalue weighted by molar-refractivity contribution is 6.09. The van der Waals surface area contributed by atoms with Gasteiger partial charge in [0.1, 0.15) is 5.75 Å². The first-order valence-corrected chi connectivity index (χ1v) is 13.4. The van der Waals surface area contributed by atoms with E-state index in [9.17, 15) is 5.11 Å². The maximum Gasteiger partial charge on any atom is 0.149 e. The molecule has 5 rings (SSSR count). The van der Waals surface area contributed by atoms with Crippen molar-refractivity contribution < 1.29 is 14.6 Å². The van der Waals surface area contributed by atoms with Crippen LogP contribution in [0.15, 0.2) is 60.4 Å². The molecular formula is C31H39N5O3. The number of aromatic nitrogens is 2. The highest BCUT2D eigenvalue weighted by Crippen LogP contribution is 2.46. The van der Waals surface area contributed by atoms with Gasteiger partial charge in [-0.05, 0) is 57.2 Å². The van der Waals surface area contributed by atoms with Crippen molar-refractivity contribution in [2.45, 2.75) is 45.3 Å². The van der Waals surface area contributed by atoms with Gasteiger partial charge in [-0.1, -0.05) is 36.4 Å². The Labute approximate surface area is 229 Å². The molecule has 8 heteroatoms. The second-order valence-electron chi connectivity index (χ2n) is 11.0. The molecule has 8 nitrogen and oxygen atoms in total. The molecule has 2 aromatic heterocycles. The van der Waals surface area contributed by atoms with E-state index in [0.29, 0.717) is 23.1 Å². The van der Waals surface area contributed by atoms with Gasteiger partial charge < -0.3 is 29.9 Å². The van der Waals surface area contributed by atoms with Crippen molar-refractivity contribution in [3.8, 4) is 5.75 Å². The van der Waals surface area contributed by atoms with E-state index in [-0.39, 0.29) is 6.04 Å². The zero-order chi connectivity index (χ0) is 27.9. The second-order valence-corrected chi connectivity index (χ2v) is 11.0. The molecule has 5 N–H and O–H groups in total. The molecule has 2 aromatic carbocycles. The number of hydrogen-bond acceptors (Lipinski definition) is 7. The van der Waals surface area contributed by atoms with Crippen LogP contribution in [0.1, 0.15) is 56.3 Å². The number of methoxy groups -OCH3 is 1. The summed E-state index contributed by atoms with van der Waals surface area (Å²) in [6, 6.07) is 16.7. The largest absolute Gasteiger partial charge is 0.494 e. The molecule has 0 aliphatic carbocycles. The summed E-state index contributed by atoms with van der Waals surface area (Å²) in [4.78, 5) is 4.97. The normalized spacial score (nSPS) is 16.4. The Kier molecular flexibility index (Phi) is 7.29. The molecule has 3 heterocycles. The Hall–Kier alpha value is -3.59. The molecule has 1 unspecified atom stereocenters. The van der Waals surface area contributed by atoms with Gasteiger partial charge >= 0.3 is 0 Å². The van der Waals surface area contributed by atoms with Crippen LogP contribution in [0.25, 0.3) is 27.6 Å². The van der Waals surface area contributed by atoms with Gasteiger partial charge in [0, 0.05) is 48.7 Å². The van der Waals surface area contributed by atoms with Crippen molar-refractivity contribution >= 4 is 27.6 Å². The van der Waals surface area contributed by atoms with Gasteiger partial charge in [0.15, 0.2) is 0 Å². The van der Waals surface area contributed by atoms with Gasteiger partial charge in [-0.25, -0.2) is 5.84 Å². The van der Waals surface area contributed by atoms with Crippen LogP contribution in [-0.4, -0.2) is 47.0 Å². The van der Waals surface area contributed by atoms with E-state index >= 15 is 0 Å². The zero-order valence-corrected chi connectivity index (χ0v) is 23.4. The standard InChI is InChI=1S/C31H39N5O3/c1-19(32)27(35(4)33)22-17-25-26(34-18-22)23-11-12-24(31(2,3)37)30(38-5)29(23)36(25)28(20-9-7-6-8-10-20)21-13-15-39-16-14-21/h6-12,17-18,21,28,37H,13-16,32-33H2,1-5H3/b27-19-. The molecule has 0 radical (unpaired) electrons. The van der Waals surface area contributed by atoms with Crippen molar-refractivity contribution in [1.82, 2.24) is 14.6 Å². The topological polar surface area (TPSA) is 112 Å². The highest BCUT2D eigenvalue weighted by Gasteiger charge is 2.33. The number of fused-ring (bicyclic) bond motifs is 3. The molecule has 0 bridgehead atoms. The quantitative estimate of drug-likeness (QED) is 0.231. The third-order valence-corrected chi connectivity index (χ3v) is 7.75. The Bertz CT molecular complexity index is 1510.